The molecule has 4 N–H and O–H groups in total. The number of likely N-dealkylation sites (N-methyl/N-ethyl adjacent to an activating group) is 1. The number of methoxy groups -OCH3 is 1. The van der Waals surface area contributed by atoms with Gasteiger partial charge in [-0.05, 0) is 49.0 Å². The van der Waals surface area contributed by atoms with Crippen molar-refractivity contribution in [2.24, 2.45) is 0 Å². The Hall–Kier alpha value is -4.62. The molecular weight excluding hydrogens is 593 g/mol. The maximum atomic E-state index is 14.1. The molecule has 2 amide bonds. The molecule has 2 aromatic carbocycles. The van der Waals surface area contributed by atoms with Gasteiger partial charge in [0.25, 0.3) is 17.5 Å². The summed E-state index contributed by atoms with van der Waals surface area (Å²) in [6, 6.07) is 12.0. The van der Waals surface area contributed by atoms with Gasteiger partial charge in [-0.15, -0.1) is 11.3 Å². The molecule has 6 rings (SSSR count). The first-order valence-electron chi connectivity index (χ1n) is 14.0. The number of fused-ring (bicyclic) bond motifs is 3. The largest absolute Gasteiger partial charge is 0.497 e. The van der Waals surface area contributed by atoms with E-state index >= 15 is 0 Å². The first-order valence-corrected chi connectivity index (χ1v) is 14.9. The van der Waals surface area contributed by atoms with E-state index in [1.807, 2.05) is 25.4 Å². The smallest absolute Gasteiger partial charge is 0.418 e. The maximum absolute atomic E-state index is 14.1. The highest BCUT2D eigenvalue weighted by molar-refractivity contribution is 7.21. The van der Waals surface area contributed by atoms with Crippen LogP contribution in [-0.2, 0) is 6.18 Å². The minimum Gasteiger partial charge on any atom is -0.497 e. The van der Waals surface area contributed by atoms with Crippen molar-refractivity contribution in [3.8, 4) is 5.75 Å². The summed E-state index contributed by atoms with van der Waals surface area (Å²) in [5.74, 6) is -0.728. The number of aromatic nitrogens is 2. The van der Waals surface area contributed by atoms with Crippen LogP contribution in [0.1, 0.15) is 32.5 Å². The standard InChI is InChI=1S/C31H29F3N6O3S/c1-3-39-8-10-40(11-9-39)25-5-4-20(16-24(25)31(32,33)34)37-29(41)18-12-21(15-22(13-18)43-2)38-30(42)26-14-19-17-36-28-23(6-7-35-28)27(19)44-26/h4-7,12-17H,3,8-11H2,1-2H3,(H,35,36)(H,37,41)(H,38,42)/p+1. The summed E-state index contributed by atoms with van der Waals surface area (Å²) < 4.78 is 48.6. The van der Waals surface area contributed by atoms with Crippen molar-refractivity contribution in [1.29, 1.82) is 0 Å². The molecule has 1 saturated heterocycles. The third-order valence-electron chi connectivity index (χ3n) is 7.73. The van der Waals surface area contributed by atoms with Crippen LogP contribution in [0.3, 0.4) is 0 Å². The Bertz CT molecular complexity index is 1860. The number of carbonyl (C=O) groups excluding carboxylic acids is 2. The number of thiophene rings is 1. The lowest BCUT2D eigenvalue weighted by atomic mass is 10.1. The summed E-state index contributed by atoms with van der Waals surface area (Å²) in [7, 11) is 1.42. The molecule has 13 heteroatoms. The molecule has 0 saturated carbocycles. The van der Waals surface area contributed by atoms with E-state index in [9.17, 15) is 22.8 Å². The number of amides is 2. The zero-order valence-electron chi connectivity index (χ0n) is 24.0. The van der Waals surface area contributed by atoms with Crippen LogP contribution < -0.4 is 25.3 Å². The van der Waals surface area contributed by atoms with E-state index in [0.29, 0.717) is 42.5 Å². The van der Waals surface area contributed by atoms with Crippen LogP contribution in [0.4, 0.5) is 30.2 Å². The molecule has 5 aromatic rings. The first-order chi connectivity index (χ1) is 21.1. The Morgan fingerprint density at radius 2 is 1.77 bits per heavy atom. The number of nitrogens with one attached hydrogen (secondary N) is 4. The first kappa shape index (κ1) is 29.5. The zero-order chi connectivity index (χ0) is 31.0. The number of hydrogen-bond donors (Lipinski definition) is 3. The fourth-order valence-corrected chi connectivity index (χ4v) is 6.47. The number of H-pyrrole nitrogens is 2. The molecule has 9 nitrogen and oxygen atoms in total. The number of rotatable bonds is 7. The molecular formula is C31H30F3N6O3S+. The summed E-state index contributed by atoms with van der Waals surface area (Å²) in [6.45, 7) is 5.20. The van der Waals surface area contributed by atoms with Gasteiger partial charge in [-0.1, -0.05) is 6.92 Å². The van der Waals surface area contributed by atoms with Gasteiger partial charge in [0.05, 0.1) is 40.0 Å². The van der Waals surface area contributed by atoms with E-state index < -0.39 is 17.6 Å². The Kier molecular flexibility index (Phi) is 7.91. The van der Waals surface area contributed by atoms with Gasteiger partial charge in [-0.3, -0.25) is 9.59 Å². The number of carbonyl (C=O) groups is 2. The van der Waals surface area contributed by atoms with E-state index in [4.69, 9.17) is 4.74 Å². The van der Waals surface area contributed by atoms with Gasteiger partial charge in [-0.2, -0.15) is 13.2 Å². The second kappa shape index (κ2) is 11.8. The van der Waals surface area contributed by atoms with E-state index in [-0.39, 0.29) is 22.8 Å². The minimum absolute atomic E-state index is 0.00447. The molecule has 44 heavy (non-hydrogen) atoms. The lowest BCUT2D eigenvalue weighted by Crippen LogP contribution is -2.46. The van der Waals surface area contributed by atoms with Crippen LogP contribution in [0, 0.1) is 0 Å². The van der Waals surface area contributed by atoms with E-state index in [2.05, 4.69) is 25.5 Å². The van der Waals surface area contributed by atoms with E-state index in [1.165, 1.54) is 42.7 Å². The number of benzene rings is 2. The van der Waals surface area contributed by atoms with Crippen LogP contribution in [0.15, 0.2) is 60.9 Å². The summed E-state index contributed by atoms with van der Waals surface area (Å²) in [4.78, 5) is 37.1. The second-order valence-corrected chi connectivity index (χ2v) is 11.5. The molecule has 0 unspecified atom stereocenters. The van der Waals surface area contributed by atoms with Gasteiger partial charge in [-0.25, -0.2) is 9.97 Å². The minimum atomic E-state index is -4.61. The highest BCUT2D eigenvalue weighted by Gasteiger charge is 2.36. The highest BCUT2D eigenvalue weighted by Crippen LogP contribution is 2.39. The summed E-state index contributed by atoms with van der Waals surface area (Å²) in [5.41, 5.74) is 0.540. The molecule has 0 spiro atoms. The normalized spacial score (nSPS) is 14.2. The Morgan fingerprint density at radius 1 is 1.00 bits per heavy atom. The molecule has 0 bridgehead atoms. The van der Waals surface area contributed by atoms with Crippen molar-refractivity contribution in [3.05, 3.63) is 76.9 Å². The maximum Gasteiger partial charge on any atom is 0.418 e. The summed E-state index contributed by atoms with van der Waals surface area (Å²) >= 11 is 1.34. The van der Waals surface area contributed by atoms with E-state index in [1.54, 1.807) is 17.0 Å². The molecule has 228 valence electrons. The summed E-state index contributed by atoms with van der Waals surface area (Å²) in [5, 5.41) is 7.23. The van der Waals surface area contributed by atoms with Gasteiger partial charge in [0.2, 0.25) is 0 Å². The fraction of sp³-hybridized carbons (Fsp3) is 0.258. The van der Waals surface area contributed by atoms with Gasteiger partial charge >= 0.3 is 6.18 Å². The predicted molar refractivity (Wildman–Crippen MR) is 165 cm³/mol. The Labute approximate surface area is 254 Å². The number of pyridine rings is 1. The fourth-order valence-electron chi connectivity index (χ4n) is 5.40. The quantitative estimate of drug-likeness (QED) is 0.211. The predicted octanol–water partition coefficient (Wildman–Crippen LogP) is 5.87. The lowest BCUT2D eigenvalue weighted by molar-refractivity contribution is -0.345. The number of halogens is 3. The number of nitrogens with zero attached hydrogens (tertiary/aromatic N) is 2. The van der Waals surface area contributed by atoms with Crippen LogP contribution in [0.2, 0.25) is 0 Å². The Morgan fingerprint density at radius 3 is 2.50 bits per heavy atom. The average Bonchev–Trinajstić information content (AvgIpc) is 3.68. The van der Waals surface area contributed by atoms with Gasteiger partial charge in [0, 0.05) is 60.3 Å². The summed E-state index contributed by atoms with van der Waals surface area (Å²) in [6.07, 6.45) is -0.975. The SMILES string of the molecule is CCN1CCN(c2ccc(NC(=O)c3cc(NC(=O)c4cc5c[nH+]c6[nH]ccc6c5s4)cc(OC)c3)cc2C(F)(F)F)CC1. The van der Waals surface area contributed by atoms with Gasteiger partial charge in [0.15, 0.2) is 0 Å². The molecule has 0 radical (unpaired) electrons. The van der Waals surface area contributed by atoms with E-state index in [0.717, 1.165) is 33.7 Å². The second-order valence-electron chi connectivity index (χ2n) is 10.5. The third-order valence-corrected chi connectivity index (χ3v) is 8.91. The highest BCUT2D eigenvalue weighted by atomic mass is 32.1. The molecule has 0 aliphatic carbocycles. The number of ether oxygens (including phenoxy) is 1. The third kappa shape index (κ3) is 5.92. The van der Waals surface area contributed by atoms with Crippen molar-refractivity contribution in [1.82, 2.24) is 9.88 Å². The van der Waals surface area contributed by atoms with Crippen molar-refractivity contribution in [2.45, 2.75) is 13.1 Å². The molecule has 3 aromatic heterocycles. The van der Waals surface area contributed by atoms with Crippen molar-refractivity contribution in [2.75, 3.05) is 55.4 Å². The number of piperazine rings is 1. The number of anilines is 3. The Balaban J connectivity index is 1.22. The molecule has 4 heterocycles. The van der Waals surface area contributed by atoms with Crippen LogP contribution in [-0.4, -0.2) is 61.5 Å². The van der Waals surface area contributed by atoms with Gasteiger partial charge < -0.3 is 25.2 Å². The van der Waals surface area contributed by atoms with Gasteiger partial charge in [0.1, 0.15) is 5.75 Å². The molecule has 1 aliphatic rings. The van der Waals surface area contributed by atoms with Crippen molar-refractivity contribution >= 4 is 61.3 Å². The molecule has 1 aliphatic heterocycles. The van der Waals surface area contributed by atoms with Crippen molar-refractivity contribution < 1.29 is 32.5 Å². The molecule has 1 fully saturated rings. The van der Waals surface area contributed by atoms with Crippen LogP contribution in [0.5, 0.6) is 5.75 Å². The van der Waals surface area contributed by atoms with Crippen LogP contribution >= 0.6 is 11.3 Å². The number of hydrogen-bond acceptors (Lipinski definition) is 6. The lowest BCUT2D eigenvalue weighted by Gasteiger charge is -2.36. The molecule has 0 atom stereocenters. The van der Waals surface area contributed by atoms with Crippen molar-refractivity contribution in [3.63, 3.8) is 0 Å². The average molecular weight is 624 g/mol. The monoisotopic (exact) mass is 623 g/mol. The number of aromatic amines is 2. The van der Waals surface area contributed by atoms with Crippen LogP contribution in [0.25, 0.3) is 21.1 Å². The zero-order valence-corrected chi connectivity index (χ0v) is 24.8. The number of alkyl halides is 3. The topological polar surface area (TPSA) is 104 Å².